The van der Waals surface area contributed by atoms with Crippen LogP contribution in [0.5, 0.6) is 0 Å². The lowest BCUT2D eigenvalue weighted by Gasteiger charge is -2.14. The molecule has 1 unspecified atom stereocenters. The van der Waals surface area contributed by atoms with Gasteiger partial charge in [-0.1, -0.05) is 36.4 Å². The second kappa shape index (κ2) is 4.68. The zero-order valence-corrected chi connectivity index (χ0v) is 10.1. The van der Waals surface area contributed by atoms with Crippen molar-refractivity contribution >= 4 is 0 Å². The normalized spacial score (nSPS) is 12.5. The van der Waals surface area contributed by atoms with Crippen LogP contribution in [-0.4, -0.2) is 0 Å². The van der Waals surface area contributed by atoms with Crippen molar-refractivity contribution in [2.24, 2.45) is 5.73 Å². The standard InChI is InChI=1S/C15H16FN/c1-10-12(8-5-9-15(10)16)14-7-4-3-6-13(14)11(2)17/h3-9,11H,17H2,1-2H3. The highest BCUT2D eigenvalue weighted by Crippen LogP contribution is 2.30. The first kappa shape index (κ1) is 11.8. The Morgan fingerprint density at radius 1 is 1.00 bits per heavy atom. The highest BCUT2D eigenvalue weighted by atomic mass is 19.1. The molecule has 0 aliphatic heterocycles. The molecule has 2 aromatic rings. The third-order valence-corrected chi connectivity index (χ3v) is 3.01. The summed E-state index contributed by atoms with van der Waals surface area (Å²) in [7, 11) is 0. The van der Waals surface area contributed by atoms with E-state index in [1.54, 1.807) is 13.0 Å². The molecule has 2 aromatic carbocycles. The monoisotopic (exact) mass is 229 g/mol. The van der Waals surface area contributed by atoms with Crippen molar-refractivity contribution in [3.05, 3.63) is 59.4 Å². The lowest BCUT2D eigenvalue weighted by atomic mass is 9.93. The van der Waals surface area contributed by atoms with E-state index in [0.29, 0.717) is 5.56 Å². The van der Waals surface area contributed by atoms with Gasteiger partial charge in [-0.15, -0.1) is 0 Å². The number of hydrogen-bond donors (Lipinski definition) is 1. The SMILES string of the molecule is Cc1c(F)cccc1-c1ccccc1C(C)N. The van der Waals surface area contributed by atoms with Gasteiger partial charge in [-0.25, -0.2) is 4.39 Å². The van der Waals surface area contributed by atoms with Gasteiger partial charge >= 0.3 is 0 Å². The number of nitrogens with two attached hydrogens (primary N) is 1. The molecule has 0 heterocycles. The quantitative estimate of drug-likeness (QED) is 0.832. The third-order valence-electron chi connectivity index (χ3n) is 3.01. The first-order chi connectivity index (χ1) is 8.11. The van der Waals surface area contributed by atoms with E-state index in [1.165, 1.54) is 6.07 Å². The molecule has 0 aliphatic carbocycles. The predicted molar refractivity (Wildman–Crippen MR) is 69.2 cm³/mol. The van der Waals surface area contributed by atoms with Gasteiger partial charge in [0.1, 0.15) is 5.82 Å². The zero-order chi connectivity index (χ0) is 12.4. The van der Waals surface area contributed by atoms with Crippen molar-refractivity contribution in [1.82, 2.24) is 0 Å². The molecule has 0 fully saturated rings. The van der Waals surface area contributed by atoms with Crippen LogP contribution < -0.4 is 5.73 Å². The van der Waals surface area contributed by atoms with Gasteiger partial charge in [0, 0.05) is 6.04 Å². The Labute approximate surface area is 101 Å². The molecular weight excluding hydrogens is 213 g/mol. The Morgan fingerprint density at radius 3 is 2.35 bits per heavy atom. The van der Waals surface area contributed by atoms with Crippen LogP contribution in [0.1, 0.15) is 24.1 Å². The molecule has 1 nitrogen and oxygen atoms in total. The summed E-state index contributed by atoms with van der Waals surface area (Å²) in [6.07, 6.45) is 0. The van der Waals surface area contributed by atoms with Crippen molar-refractivity contribution in [3.8, 4) is 11.1 Å². The number of benzene rings is 2. The fraction of sp³-hybridized carbons (Fsp3) is 0.200. The van der Waals surface area contributed by atoms with Gasteiger partial charge in [-0.2, -0.15) is 0 Å². The third kappa shape index (κ3) is 2.22. The van der Waals surface area contributed by atoms with E-state index in [1.807, 2.05) is 37.3 Å². The summed E-state index contributed by atoms with van der Waals surface area (Å²) in [5.41, 5.74) is 9.58. The van der Waals surface area contributed by atoms with Crippen molar-refractivity contribution in [1.29, 1.82) is 0 Å². The van der Waals surface area contributed by atoms with Crippen LogP contribution in [0.3, 0.4) is 0 Å². The molecule has 0 radical (unpaired) electrons. The first-order valence-electron chi connectivity index (χ1n) is 5.71. The minimum absolute atomic E-state index is 0.0612. The van der Waals surface area contributed by atoms with E-state index in [9.17, 15) is 4.39 Å². The number of rotatable bonds is 2. The van der Waals surface area contributed by atoms with Crippen LogP contribution in [0.15, 0.2) is 42.5 Å². The average Bonchev–Trinajstić information content (AvgIpc) is 2.33. The van der Waals surface area contributed by atoms with Crippen LogP contribution in [0.2, 0.25) is 0 Å². The molecule has 0 aliphatic rings. The molecule has 0 saturated heterocycles. The molecule has 2 rings (SSSR count). The Balaban J connectivity index is 2.64. The first-order valence-corrected chi connectivity index (χ1v) is 5.71. The lowest BCUT2D eigenvalue weighted by Crippen LogP contribution is -2.06. The van der Waals surface area contributed by atoms with Crippen molar-refractivity contribution < 1.29 is 4.39 Å². The van der Waals surface area contributed by atoms with Crippen LogP contribution in [0.4, 0.5) is 4.39 Å². The van der Waals surface area contributed by atoms with Crippen LogP contribution >= 0.6 is 0 Å². The summed E-state index contributed by atoms with van der Waals surface area (Å²) in [5.74, 6) is -0.179. The highest BCUT2D eigenvalue weighted by molar-refractivity contribution is 5.71. The molecule has 2 N–H and O–H groups in total. The highest BCUT2D eigenvalue weighted by Gasteiger charge is 2.11. The van der Waals surface area contributed by atoms with E-state index in [0.717, 1.165) is 16.7 Å². The maximum absolute atomic E-state index is 13.6. The van der Waals surface area contributed by atoms with E-state index in [2.05, 4.69) is 0 Å². The minimum Gasteiger partial charge on any atom is -0.324 e. The van der Waals surface area contributed by atoms with Gasteiger partial charge in [-0.3, -0.25) is 0 Å². The summed E-state index contributed by atoms with van der Waals surface area (Å²) >= 11 is 0. The molecule has 88 valence electrons. The van der Waals surface area contributed by atoms with Crippen molar-refractivity contribution in [2.75, 3.05) is 0 Å². The molecule has 0 amide bonds. The van der Waals surface area contributed by atoms with E-state index >= 15 is 0 Å². The largest absolute Gasteiger partial charge is 0.324 e. The molecule has 1 atom stereocenters. The minimum atomic E-state index is -0.179. The van der Waals surface area contributed by atoms with E-state index < -0.39 is 0 Å². The summed E-state index contributed by atoms with van der Waals surface area (Å²) < 4.78 is 13.6. The van der Waals surface area contributed by atoms with Crippen molar-refractivity contribution in [3.63, 3.8) is 0 Å². The molecule has 0 bridgehead atoms. The Kier molecular flexibility index (Phi) is 3.25. The summed E-state index contributed by atoms with van der Waals surface area (Å²) in [4.78, 5) is 0. The maximum Gasteiger partial charge on any atom is 0.126 e. The summed E-state index contributed by atoms with van der Waals surface area (Å²) in [5, 5.41) is 0. The van der Waals surface area contributed by atoms with Crippen molar-refractivity contribution in [2.45, 2.75) is 19.9 Å². The van der Waals surface area contributed by atoms with Gasteiger partial charge in [0.2, 0.25) is 0 Å². The van der Waals surface area contributed by atoms with Crippen LogP contribution in [-0.2, 0) is 0 Å². The number of halogens is 1. The lowest BCUT2D eigenvalue weighted by molar-refractivity contribution is 0.619. The maximum atomic E-state index is 13.6. The molecular formula is C15H16FN. The Morgan fingerprint density at radius 2 is 1.65 bits per heavy atom. The topological polar surface area (TPSA) is 26.0 Å². The molecule has 0 saturated carbocycles. The van der Waals surface area contributed by atoms with Gasteiger partial charge < -0.3 is 5.73 Å². The van der Waals surface area contributed by atoms with Gasteiger partial charge in [-0.05, 0) is 42.2 Å². The summed E-state index contributed by atoms with van der Waals surface area (Å²) in [6, 6.07) is 13.0. The van der Waals surface area contributed by atoms with E-state index in [4.69, 9.17) is 5.73 Å². The summed E-state index contributed by atoms with van der Waals surface area (Å²) in [6.45, 7) is 3.73. The average molecular weight is 229 g/mol. The van der Waals surface area contributed by atoms with Gasteiger partial charge in [0.15, 0.2) is 0 Å². The van der Waals surface area contributed by atoms with Crippen LogP contribution in [0.25, 0.3) is 11.1 Å². The zero-order valence-electron chi connectivity index (χ0n) is 10.1. The van der Waals surface area contributed by atoms with E-state index in [-0.39, 0.29) is 11.9 Å². The fourth-order valence-corrected chi connectivity index (χ4v) is 2.04. The smallest absolute Gasteiger partial charge is 0.126 e. The second-order valence-electron chi connectivity index (χ2n) is 4.29. The fourth-order valence-electron chi connectivity index (χ4n) is 2.04. The molecule has 0 aromatic heterocycles. The second-order valence-corrected chi connectivity index (χ2v) is 4.29. The predicted octanol–water partition coefficient (Wildman–Crippen LogP) is 3.82. The van der Waals surface area contributed by atoms with Crippen LogP contribution in [0, 0.1) is 12.7 Å². The molecule has 0 spiro atoms. The van der Waals surface area contributed by atoms with Gasteiger partial charge in [0.25, 0.3) is 0 Å². The Hall–Kier alpha value is -1.67. The molecule has 2 heteroatoms. The Bertz CT molecular complexity index is 532. The van der Waals surface area contributed by atoms with Gasteiger partial charge in [0.05, 0.1) is 0 Å². The number of hydrogen-bond acceptors (Lipinski definition) is 1. The molecule has 17 heavy (non-hydrogen) atoms.